The van der Waals surface area contributed by atoms with Crippen LogP contribution < -0.4 is 10.6 Å². The Labute approximate surface area is 107 Å². The Morgan fingerprint density at radius 2 is 1.58 bits per heavy atom. The molecule has 0 saturated heterocycles. The largest absolute Gasteiger partial charge is 0.478 e. The van der Waals surface area contributed by atoms with Gasteiger partial charge in [0.05, 0.1) is 5.69 Å². The molecule has 1 aromatic carbocycles. The van der Waals surface area contributed by atoms with Gasteiger partial charge in [-0.15, -0.1) is 5.17 Å². The maximum atomic E-state index is 9.55. The molecule has 1 aliphatic heterocycles. The third kappa shape index (κ3) is 4.27. The molecule has 0 aliphatic carbocycles. The van der Waals surface area contributed by atoms with E-state index in [1.807, 2.05) is 0 Å². The second-order valence-corrected chi connectivity index (χ2v) is 3.22. The average molecular weight is 269 g/mol. The van der Waals surface area contributed by atoms with Crippen LogP contribution in [0.3, 0.4) is 0 Å². The van der Waals surface area contributed by atoms with Crippen LogP contribution in [-0.2, 0) is 9.59 Å². The molecule has 0 unspecified atom stereocenters. The molecule has 0 bridgehead atoms. The van der Waals surface area contributed by atoms with Gasteiger partial charge in [0, 0.05) is 17.4 Å². The van der Waals surface area contributed by atoms with Gasteiger partial charge in [0.15, 0.2) is 0 Å². The number of para-hydroxylation sites is 2. The highest BCUT2D eigenvalue weighted by molar-refractivity contribution is 5.89. The maximum absolute atomic E-state index is 9.55. The summed E-state index contributed by atoms with van der Waals surface area (Å²) < 4.78 is 0. The molecule has 102 valence electrons. The van der Waals surface area contributed by atoms with Crippen molar-refractivity contribution < 1.29 is 30.2 Å². The van der Waals surface area contributed by atoms with Crippen molar-refractivity contribution in [3.8, 4) is 0 Å². The number of fused-ring (bicyclic) bond motifs is 1. The third-order valence-electron chi connectivity index (χ3n) is 1.89. The van der Waals surface area contributed by atoms with Crippen LogP contribution in [0.2, 0.25) is 0 Å². The first kappa shape index (κ1) is 14.4. The number of hydrogen-bond acceptors (Lipinski definition) is 7. The van der Waals surface area contributed by atoms with E-state index < -0.39 is 11.9 Å². The molecule has 1 aromatic rings. The minimum Gasteiger partial charge on any atom is -0.478 e. The lowest BCUT2D eigenvalue weighted by molar-refractivity contribution is -0.135. The van der Waals surface area contributed by atoms with E-state index in [0.717, 1.165) is 0 Å². The van der Waals surface area contributed by atoms with Crippen LogP contribution in [0.1, 0.15) is 0 Å². The van der Waals surface area contributed by atoms with E-state index in [4.69, 9.17) is 20.6 Å². The second-order valence-electron chi connectivity index (χ2n) is 3.22. The van der Waals surface area contributed by atoms with Crippen molar-refractivity contribution >= 4 is 23.3 Å². The number of hydrazine groups is 2. The summed E-state index contributed by atoms with van der Waals surface area (Å²) in [5, 5.41) is 34.8. The molecule has 9 heteroatoms. The van der Waals surface area contributed by atoms with Gasteiger partial charge in [0.2, 0.25) is 0 Å². The highest BCUT2D eigenvalue weighted by atomic mass is 16.7. The quantitative estimate of drug-likeness (QED) is 0.487. The van der Waals surface area contributed by atoms with Crippen LogP contribution in [0.4, 0.5) is 11.4 Å². The molecule has 0 radical (unpaired) electrons. The van der Waals surface area contributed by atoms with Gasteiger partial charge >= 0.3 is 11.9 Å². The number of carbonyl (C=O) groups is 2. The minimum absolute atomic E-state index is 0.505. The number of carboxylic acids is 2. The van der Waals surface area contributed by atoms with E-state index in [0.29, 0.717) is 34.0 Å². The summed E-state index contributed by atoms with van der Waals surface area (Å²) in [7, 11) is 0. The Bertz CT molecular complexity index is 488. The van der Waals surface area contributed by atoms with Gasteiger partial charge in [-0.25, -0.2) is 9.59 Å². The van der Waals surface area contributed by atoms with E-state index in [-0.39, 0.29) is 0 Å². The molecule has 0 atom stereocenters. The van der Waals surface area contributed by atoms with E-state index in [1.165, 1.54) is 0 Å². The Morgan fingerprint density at radius 3 is 2.05 bits per heavy atom. The van der Waals surface area contributed by atoms with E-state index >= 15 is 0 Å². The summed E-state index contributed by atoms with van der Waals surface area (Å²) in [6.07, 6.45) is 1.12. The van der Waals surface area contributed by atoms with Crippen LogP contribution in [0, 0.1) is 0 Å². The Kier molecular flexibility index (Phi) is 4.83. The number of nitrogens with one attached hydrogen (secondary N) is 1. The SMILES string of the molecule is O=C(O)C=CC(=O)O.ON1Nc2ccccc2N1O. The number of rotatable bonds is 2. The highest BCUT2D eigenvalue weighted by Gasteiger charge is 2.22. The molecular formula is C10H11N3O6. The zero-order valence-corrected chi connectivity index (χ0v) is 9.46. The molecule has 0 fully saturated rings. The molecule has 5 N–H and O–H groups in total. The number of carboxylic acid groups (broad SMARTS) is 2. The molecule has 19 heavy (non-hydrogen) atoms. The van der Waals surface area contributed by atoms with Gasteiger partial charge in [0.1, 0.15) is 5.69 Å². The van der Waals surface area contributed by atoms with E-state index in [1.54, 1.807) is 24.3 Å². The highest BCUT2D eigenvalue weighted by Crippen LogP contribution is 2.30. The zero-order valence-electron chi connectivity index (χ0n) is 9.46. The zero-order chi connectivity index (χ0) is 14.4. The molecule has 0 aromatic heterocycles. The first-order chi connectivity index (χ1) is 8.91. The maximum Gasteiger partial charge on any atom is 0.328 e. The summed E-state index contributed by atoms with van der Waals surface area (Å²) in [5.41, 5.74) is 3.70. The summed E-state index contributed by atoms with van der Waals surface area (Å²) in [6, 6.07) is 7.00. The topological polar surface area (TPSA) is 134 Å². The van der Waals surface area contributed by atoms with Crippen LogP contribution in [-0.4, -0.2) is 37.8 Å². The minimum atomic E-state index is -1.26. The lowest BCUT2D eigenvalue weighted by atomic mass is 10.3. The van der Waals surface area contributed by atoms with Crippen molar-refractivity contribution in [3.05, 3.63) is 36.4 Å². The standard InChI is InChI=1S/C6H7N3O2.C4H4O4/c10-8-6-4-2-1-3-5(6)7-9(8)11;5-3(6)1-2-4(7)8/h1-4,7,10-11H;1-2H,(H,5,6)(H,7,8). The molecule has 0 spiro atoms. The predicted molar refractivity (Wildman–Crippen MR) is 62.4 cm³/mol. The van der Waals surface area contributed by atoms with Crippen molar-refractivity contribution in [2.24, 2.45) is 0 Å². The number of aliphatic carboxylic acids is 2. The summed E-state index contributed by atoms with van der Waals surface area (Å²) >= 11 is 0. The number of benzene rings is 1. The summed E-state index contributed by atoms with van der Waals surface area (Å²) in [6.45, 7) is 0. The van der Waals surface area contributed by atoms with Gasteiger partial charge in [-0.1, -0.05) is 12.1 Å². The fourth-order valence-corrected chi connectivity index (χ4v) is 1.14. The molecule has 0 amide bonds. The second kappa shape index (κ2) is 6.35. The Morgan fingerprint density at radius 1 is 1.05 bits per heavy atom. The van der Waals surface area contributed by atoms with Gasteiger partial charge in [0.25, 0.3) is 0 Å². The monoisotopic (exact) mass is 269 g/mol. The number of hydrogen-bond donors (Lipinski definition) is 5. The molecule has 2 rings (SSSR count). The van der Waals surface area contributed by atoms with Crippen molar-refractivity contribution in [3.63, 3.8) is 0 Å². The lowest BCUT2D eigenvalue weighted by Gasteiger charge is -2.14. The molecule has 1 aliphatic rings. The molecule has 1 heterocycles. The van der Waals surface area contributed by atoms with Crippen LogP contribution in [0.15, 0.2) is 36.4 Å². The Balaban J connectivity index is 0.000000203. The summed E-state index contributed by atoms with van der Waals surface area (Å²) in [4.78, 5) is 19.1. The third-order valence-corrected chi connectivity index (χ3v) is 1.89. The fraction of sp³-hybridized carbons (Fsp3) is 0. The van der Waals surface area contributed by atoms with Crippen molar-refractivity contribution in [2.75, 3.05) is 10.6 Å². The average Bonchev–Trinajstić information content (AvgIpc) is 2.64. The van der Waals surface area contributed by atoms with E-state index in [2.05, 4.69) is 5.43 Å². The summed E-state index contributed by atoms with van der Waals surface area (Å²) in [5.74, 6) is -2.51. The van der Waals surface area contributed by atoms with Crippen molar-refractivity contribution in [1.29, 1.82) is 0 Å². The van der Waals surface area contributed by atoms with Crippen LogP contribution in [0.25, 0.3) is 0 Å². The van der Waals surface area contributed by atoms with Gasteiger partial charge in [-0.05, 0) is 12.1 Å². The number of anilines is 2. The number of nitrogens with zero attached hydrogens (tertiary/aromatic N) is 2. The van der Waals surface area contributed by atoms with Crippen LogP contribution >= 0.6 is 0 Å². The first-order valence-corrected chi connectivity index (χ1v) is 4.89. The van der Waals surface area contributed by atoms with Crippen molar-refractivity contribution in [1.82, 2.24) is 5.28 Å². The lowest BCUT2D eigenvalue weighted by Crippen LogP contribution is -2.35. The van der Waals surface area contributed by atoms with Crippen molar-refractivity contribution in [2.45, 2.75) is 0 Å². The van der Waals surface area contributed by atoms with E-state index in [9.17, 15) is 9.59 Å². The molecule has 9 nitrogen and oxygen atoms in total. The van der Waals surface area contributed by atoms with Gasteiger partial charge in [-0.3, -0.25) is 15.8 Å². The molecular weight excluding hydrogens is 258 g/mol. The first-order valence-electron chi connectivity index (χ1n) is 4.89. The smallest absolute Gasteiger partial charge is 0.328 e. The Hall–Kier alpha value is -2.62. The fourth-order valence-electron chi connectivity index (χ4n) is 1.14. The predicted octanol–water partition coefficient (Wildman–Crippen LogP) is 0.541. The van der Waals surface area contributed by atoms with Crippen LogP contribution in [0.5, 0.6) is 0 Å². The van der Waals surface area contributed by atoms with Gasteiger partial charge < -0.3 is 10.2 Å². The molecule has 0 saturated carbocycles. The normalized spacial score (nSPS) is 13.5. The van der Waals surface area contributed by atoms with Gasteiger partial charge in [-0.2, -0.15) is 0 Å².